The van der Waals surface area contributed by atoms with Crippen molar-refractivity contribution in [3.63, 3.8) is 0 Å². The highest BCUT2D eigenvalue weighted by molar-refractivity contribution is 5.83. The van der Waals surface area contributed by atoms with E-state index in [-0.39, 0.29) is 0 Å². The van der Waals surface area contributed by atoms with Crippen molar-refractivity contribution in [1.82, 2.24) is 5.32 Å². The number of carbonyl (C=O) groups is 1. The van der Waals surface area contributed by atoms with Crippen molar-refractivity contribution >= 4 is 5.78 Å². The maximum Gasteiger partial charge on any atom is 0.139 e. The fourth-order valence-electron chi connectivity index (χ4n) is 4.19. The Balaban J connectivity index is 1.61. The molecule has 3 aliphatic rings. The summed E-state index contributed by atoms with van der Waals surface area (Å²) in [5, 5.41) is 3.64. The minimum atomic E-state index is 0.400. The first-order valence-corrected chi connectivity index (χ1v) is 7.62. The monoisotopic (exact) mass is 235 g/mol. The molecule has 2 aliphatic heterocycles. The molecule has 2 atom stereocenters. The maximum atomic E-state index is 12.6. The Morgan fingerprint density at radius 2 is 1.35 bits per heavy atom. The molecule has 2 unspecified atom stereocenters. The first-order chi connectivity index (χ1) is 8.33. The van der Waals surface area contributed by atoms with Crippen LogP contribution in [0.4, 0.5) is 0 Å². The molecule has 3 fully saturated rings. The quantitative estimate of drug-likeness (QED) is 0.745. The molecular formula is C15H25NO. The number of Topliss-reactive ketones (excluding diaryl/α,β-unsaturated/α-hetero) is 1. The van der Waals surface area contributed by atoms with Gasteiger partial charge in [0.15, 0.2) is 0 Å². The topological polar surface area (TPSA) is 29.1 Å². The third kappa shape index (κ3) is 2.57. The smallest absolute Gasteiger partial charge is 0.139 e. The summed E-state index contributed by atoms with van der Waals surface area (Å²) in [5.74, 6) is 1.45. The molecule has 17 heavy (non-hydrogen) atoms. The van der Waals surface area contributed by atoms with Crippen molar-refractivity contribution in [2.75, 3.05) is 0 Å². The Labute approximate surface area is 105 Å². The summed E-state index contributed by atoms with van der Waals surface area (Å²) in [5.41, 5.74) is 0. The second-order valence-electron chi connectivity index (χ2n) is 6.40. The second kappa shape index (κ2) is 5.09. The number of rotatable bonds is 2. The normalized spacial score (nSPS) is 38.9. The SMILES string of the molecule is O=C(C1CCCCCC1)C1CC2CCC(C1)N2. The molecule has 1 aliphatic carbocycles. The number of hydrogen-bond donors (Lipinski definition) is 1. The Morgan fingerprint density at radius 3 is 1.94 bits per heavy atom. The lowest BCUT2D eigenvalue weighted by Crippen LogP contribution is -2.42. The Morgan fingerprint density at radius 1 is 0.765 bits per heavy atom. The molecule has 2 bridgehead atoms. The van der Waals surface area contributed by atoms with Crippen molar-refractivity contribution < 1.29 is 4.79 Å². The third-order valence-electron chi connectivity index (χ3n) is 5.13. The molecular weight excluding hydrogens is 210 g/mol. The molecule has 3 rings (SSSR count). The van der Waals surface area contributed by atoms with Crippen LogP contribution < -0.4 is 5.32 Å². The van der Waals surface area contributed by atoms with Crippen LogP contribution in [0.2, 0.25) is 0 Å². The van der Waals surface area contributed by atoms with Gasteiger partial charge in [-0.25, -0.2) is 0 Å². The van der Waals surface area contributed by atoms with E-state index in [9.17, 15) is 4.79 Å². The predicted octanol–water partition coefficient (Wildman–Crippen LogP) is 3.06. The van der Waals surface area contributed by atoms with Gasteiger partial charge in [0.2, 0.25) is 0 Å². The summed E-state index contributed by atoms with van der Waals surface area (Å²) >= 11 is 0. The van der Waals surface area contributed by atoms with Crippen LogP contribution in [-0.4, -0.2) is 17.9 Å². The van der Waals surface area contributed by atoms with Crippen molar-refractivity contribution in [2.24, 2.45) is 11.8 Å². The lowest BCUT2D eigenvalue weighted by Gasteiger charge is -2.30. The number of piperidine rings is 1. The minimum Gasteiger partial charge on any atom is -0.311 e. The summed E-state index contributed by atoms with van der Waals surface area (Å²) in [6.07, 6.45) is 12.5. The van der Waals surface area contributed by atoms with Gasteiger partial charge in [0.1, 0.15) is 5.78 Å². The van der Waals surface area contributed by atoms with Crippen LogP contribution in [0.3, 0.4) is 0 Å². The fourth-order valence-corrected chi connectivity index (χ4v) is 4.19. The average molecular weight is 235 g/mol. The van der Waals surface area contributed by atoms with E-state index in [0.717, 1.165) is 12.8 Å². The van der Waals surface area contributed by atoms with Gasteiger partial charge in [-0.15, -0.1) is 0 Å². The zero-order valence-corrected chi connectivity index (χ0v) is 10.8. The predicted molar refractivity (Wildman–Crippen MR) is 68.9 cm³/mol. The molecule has 2 saturated heterocycles. The molecule has 1 saturated carbocycles. The van der Waals surface area contributed by atoms with Gasteiger partial charge in [-0.1, -0.05) is 25.7 Å². The minimum absolute atomic E-state index is 0.400. The van der Waals surface area contributed by atoms with Crippen molar-refractivity contribution in [2.45, 2.75) is 76.3 Å². The summed E-state index contributed by atoms with van der Waals surface area (Å²) in [4.78, 5) is 12.6. The van der Waals surface area contributed by atoms with Crippen LogP contribution in [0.15, 0.2) is 0 Å². The maximum absolute atomic E-state index is 12.6. The standard InChI is InChI=1S/C15H25NO/c17-15(11-5-3-1-2-4-6-11)12-9-13-7-8-14(10-12)16-13/h11-14,16H,1-10H2. The van der Waals surface area contributed by atoms with Gasteiger partial charge in [0.05, 0.1) is 0 Å². The van der Waals surface area contributed by atoms with Gasteiger partial charge >= 0.3 is 0 Å². The third-order valence-corrected chi connectivity index (χ3v) is 5.13. The molecule has 2 nitrogen and oxygen atoms in total. The number of carbonyl (C=O) groups excluding carboxylic acids is 1. The number of hydrogen-bond acceptors (Lipinski definition) is 2. The van der Waals surface area contributed by atoms with E-state index in [1.807, 2.05) is 0 Å². The van der Waals surface area contributed by atoms with E-state index in [4.69, 9.17) is 0 Å². The molecule has 0 aromatic carbocycles. The summed E-state index contributed by atoms with van der Waals surface area (Å²) in [7, 11) is 0. The first-order valence-electron chi connectivity index (χ1n) is 7.62. The Hall–Kier alpha value is -0.370. The second-order valence-corrected chi connectivity index (χ2v) is 6.40. The lowest BCUT2D eigenvalue weighted by atomic mass is 9.81. The molecule has 0 amide bonds. The summed E-state index contributed by atoms with van der Waals surface area (Å²) < 4.78 is 0. The molecule has 96 valence electrons. The van der Waals surface area contributed by atoms with E-state index < -0.39 is 0 Å². The summed E-state index contributed by atoms with van der Waals surface area (Å²) in [6.45, 7) is 0. The Kier molecular flexibility index (Phi) is 3.51. The molecule has 0 aromatic heterocycles. The van der Waals surface area contributed by atoms with Crippen LogP contribution in [0.1, 0.15) is 64.2 Å². The van der Waals surface area contributed by atoms with Gasteiger partial charge in [-0.05, 0) is 38.5 Å². The van der Waals surface area contributed by atoms with Crippen LogP contribution in [0, 0.1) is 11.8 Å². The van der Waals surface area contributed by atoms with Gasteiger partial charge in [-0.3, -0.25) is 4.79 Å². The van der Waals surface area contributed by atoms with E-state index >= 15 is 0 Å². The largest absolute Gasteiger partial charge is 0.311 e. The van der Waals surface area contributed by atoms with E-state index in [2.05, 4.69) is 5.32 Å². The molecule has 2 heterocycles. The van der Waals surface area contributed by atoms with Crippen molar-refractivity contribution in [1.29, 1.82) is 0 Å². The lowest BCUT2D eigenvalue weighted by molar-refractivity contribution is -0.128. The highest BCUT2D eigenvalue weighted by atomic mass is 16.1. The highest BCUT2D eigenvalue weighted by Crippen LogP contribution is 2.35. The Bertz CT molecular complexity index is 269. The van der Waals surface area contributed by atoms with Crippen LogP contribution >= 0.6 is 0 Å². The highest BCUT2D eigenvalue weighted by Gasteiger charge is 2.38. The zero-order valence-electron chi connectivity index (χ0n) is 10.8. The number of ketones is 1. The van der Waals surface area contributed by atoms with Gasteiger partial charge in [-0.2, -0.15) is 0 Å². The van der Waals surface area contributed by atoms with Crippen LogP contribution in [0.25, 0.3) is 0 Å². The van der Waals surface area contributed by atoms with Crippen LogP contribution in [0.5, 0.6) is 0 Å². The molecule has 0 radical (unpaired) electrons. The van der Waals surface area contributed by atoms with Gasteiger partial charge < -0.3 is 5.32 Å². The number of fused-ring (bicyclic) bond motifs is 2. The van der Waals surface area contributed by atoms with E-state index in [1.165, 1.54) is 51.4 Å². The first kappa shape index (κ1) is 11.7. The molecule has 0 spiro atoms. The molecule has 1 N–H and O–H groups in total. The van der Waals surface area contributed by atoms with Crippen LogP contribution in [-0.2, 0) is 4.79 Å². The van der Waals surface area contributed by atoms with Gasteiger partial charge in [0.25, 0.3) is 0 Å². The summed E-state index contributed by atoms with van der Waals surface area (Å²) in [6, 6.07) is 1.32. The zero-order chi connectivity index (χ0) is 11.7. The molecule has 2 heteroatoms. The fraction of sp³-hybridized carbons (Fsp3) is 0.933. The van der Waals surface area contributed by atoms with Crippen molar-refractivity contribution in [3.05, 3.63) is 0 Å². The number of nitrogens with one attached hydrogen (secondary N) is 1. The molecule has 0 aromatic rings. The average Bonchev–Trinajstić information content (AvgIpc) is 2.61. The van der Waals surface area contributed by atoms with Crippen molar-refractivity contribution in [3.8, 4) is 0 Å². The van der Waals surface area contributed by atoms with E-state index in [1.54, 1.807) is 0 Å². The van der Waals surface area contributed by atoms with Gasteiger partial charge in [0, 0.05) is 23.9 Å². The van der Waals surface area contributed by atoms with E-state index in [0.29, 0.717) is 29.7 Å².